The van der Waals surface area contributed by atoms with Gasteiger partial charge in [0.1, 0.15) is 32.7 Å². The second kappa shape index (κ2) is 6.78. The molecule has 128 valence electrons. The van der Waals surface area contributed by atoms with E-state index in [9.17, 15) is 9.59 Å². The number of hydrogen-bond donors (Lipinski definition) is 2. The van der Waals surface area contributed by atoms with Gasteiger partial charge >= 0.3 is 5.91 Å². The van der Waals surface area contributed by atoms with Crippen molar-refractivity contribution in [2.75, 3.05) is 37.7 Å². The topological polar surface area (TPSA) is 46.3 Å². The maximum atomic E-state index is 12.3. The van der Waals surface area contributed by atoms with Crippen LogP contribution in [0.5, 0.6) is 0 Å². The Hall–Kier alpha value is -2.50. The fourth-order valence-corrected chi connectivity index (χ4v) is 3.81. The Labute approximate surface area is 147 Å². The minimum Gasteiger partial charge on any atom is -0.322 e. The van der Waals surface area contributed by atoms with Gasteiger partial charge in [0.05, 0.1) is 11.3 Å². The third-order valence-corrected chi connectivity index (χ3v) is 5.22. The molecule has 5 heteroatoms. The number of ketones is 1. The fourth-order valence-electron chi connectivity index (χ4n) is 3.81. The van der Waals surface area contributed by atoms with Crippen LogP contribution in [0.1, 0.15) is 15.9 Å². The minimum atomic E-state index is -0.382. The Balaban J connectivity index is 1.36. The van der Waals surface area contributed by atoms with Crippen LogP contribution < -0.4 is 14.7 Å². The lowest BCUT2D eigenvalue weighted by atomic mass is 10.1. The molecule has 5 nitrogen and oxygen atoms in total. The number of anilines is 1. The average molecular weight is 337 g/mol. The van der Waals surface area contributed by atoms with E-state index in [2.05, 4.69) is 24.3 Å². The van der Waals surface area contributed by atoms with Crippen LogP contribution in [0.3, 0.4) is 0 Å². The Morgan fingerprint density at radius 3 is 2.20 bits per heavy atom. The average Bonchev–Trinajstić information content (AvgIpc) is 2.89. The van der Waals surface area contributed by atoms with Crippen molar-refractivity contribution in [3.63, 3.8) is 0 Å². The molecule has 2 aromatic rings. The van der Waals surface area contributed by atoms with Crippen molar-refractivity contribution < 1.29 is 19.4 Å². The molecule has 2 N–H and O–H groups in total. The van der Waals surface area contributed by atoms with Crippen molar-refractivity contribution in [1.82, 2.24) is 0 Å². The number of carbonyl (C=O) groups is 2. The number of fused-ring (bicyclic) bond motifs is 1. The summed E-state index contributed by atoms with van der Waals surface area (Å²) in [5, 5.41) is 0. The van der Waals surface area contributed by atoms with Crippen LogP contribution in [0.15, 0.2) is 54.6 Å². The first kappa shape index (κ1) is 16.0. The summed E-state index contributed by atoms with van der Waals surface area (Å²) in [4.78, 5) is 29.0. The first-order valence-electron chi connectivity index (χ1n) is 8.88. The number of hydrogen-bond acceptors (Lipinski definition) is 2. The summed E-state index contributed by atoms with van der Waals surface area (Å²) in [7, 11) is 0. The van der Waals surface area contributed by atoms with Gasteiger partial charge in [-0.25, -0.2) is 0 Å². The van der Waals surface area contributed by atoms with Gasteiger partial charge in [-0.15, -0.1) is 0 Å². The molecule has 0 aliphatic carbocycles. The van der Waals surface area contributed by atoms with Gasteiger partial charge in [0, 0.05) is 5.56 Å². The Morgan fingerprint density at radius 1 is 0.800 bits per heavy atom. The summed E-state index contributed by atoms with van der Waals surface area (Å²) in [5.74, 6) is -0.754. The molecule has 0 atom stereocenters. The number of nitrogens with zero attached hydrogens (tertiary/aromatic N) is 1. The van der Waals surface area contributed by atoms with E-state index < -0.39 is 0 Å². The van der Waals surface area contributed by atoms with Gasteiger partial charge in [-0.05, 0) is 12.1 Å². The molecule has 1 saturated heterocycles. The van der Waals surface area contributed by atoms with Crippen molar-refractivity contribution in [2.45, 2.75) is 6.54 Å². The van der Waals surface area contributed by atoms with Gasteiger partial charge in [0.2, 0.25) is 0 Å². The molecule has 1 fully saturated rings. The first-order chi connectivity index (χ1) is 12.2. The van der Waals surface area contributed by atoms with Gasteiger partial charge < -0.3 is 9.80 Å². The van der Waals surface area contributed by atoms with Crippen LogP contribution in [-0.4, -0.2) is 44.5 Å². The van der Waals surface area contributed by atoms with Gasteiger partial charge in [-0.1, -0.05) is 42.5 Å². The number of benzene rings is 2. The number of amides is 1. The molecule has 0 spiro atoms. The highest BCUT2D eigenvalue weighted by molar-refractivity contribution is 6.52. The van der Waals surface area contributed by atoms with Crippen LogP contribution in [0, 0.1) is 0 Å². The first-order valence-corrected chi connectivity index (χ1v) is 8.88. The Morgan fingerprint density at radius 2 is 1.44 bits per heavy atom. The number of para-hydroxylation sites is 1. The summed E-state index contributed by atoms with van der Waals surface area (Å²) in [5.41, 5.74) is 2.68. The molecular weight excluding hydrogens is 314 g/mol. The molecule has 1 amide bonds. The number of Topliss-reactive ketones (excluding diaryl/α,β-unsaturated/α-hetero) is 1. The molecule has 4 rings (SSSR count). The third kappa shape index (κ3) is 3.21. The molecule has 2 heterocycles. The van der Waals surface area contributed by atoms with Crippen LogP contribution in [-0.2, 0) is 11.3 Å². The minimum absolute atomic E-state index is 0.372. The summed E-state index contributed by atoms with van der Waals surface area (Å²) < 4.78 is 0. The number of quaternary nitrogens is 2. The highest BCUT2D eigenvalue weighted by Gasteiger charge is 2.38. The summed E-state index contributed by atoms with van der Waals surface area (Å²) >= 11 is 0. The van der Waals surface area contributed by atoms with Crippen molar-refractivity contribution in [2.24, 2.45) is 0 Å². The van der Waals surface area contributed by atoms with Crippen LogP contribution in [0.25, 0.3) is 0 Å². The maximum absolute atomic E-state index is 12.3. The van der Waals surface area contributed by atoms with Gasteiger partial charge in [-0.3, -0.25) is 14.5 Å². The second-order valence-electron chi connectivity index (χ2n) is 6.90. The van der Waals surface area contributed by atoms with E-state index in [1.165, 1.54) is 10.5 Å². The highest BCUT2D eigenvalue weighted by Crippen LogP contribution is 2.27. The van der Waals surface area contributed by atoms with E-state index in [0.717, 1.165) is 38.4 Å². The van der Waals surface area contributed by atoms with Crippen molar-refractivity contribution in [3.05, 3.63) is 65.7 Å². The molecule has 2 aromatic carbocycles. The maximum Gasteiger partial charge on any atom is 0.303 e. The number of piperazine rings is 1. The molecule has 2 aliphatic heterocycles. The summed E-state index contributed by atoms with van der Waals surface area (Å²) in [6.45, 7) is 5.84. The smallest absolute Gasteiger partial charge is 0.303 e. The zero-order valence-electron chi connectivity index (χ0n) is 14.2. The van der Waals surface area contributed by atoms with Crippen LogP contribution >= 0.6 is 0 Å². The Kier molecular flexibility index (Phi) is 4.34. The normalized spacial score (nSPS) is 23.0. The van der Waals surface area contributed by atoms with Crippen molar-refractivity contribution >= 4 is 17.4 Å². The van der Waals surface area contributed by atoms with E-state index in [0.29, 0.717) is 12.2 Å². The zero-order chi connectivity index (χ0) is 17.2. The SMILES string of the molecule is O=C1C(=O)N(C[NH+]2CC[NH+](Cc3ccccc3)CC2)c2ccccc21. The van der Waals surface area contributed by atoms with Crippen LogP contribution in [0.4, 0.5) is 5.69 Å². The summed E-state index contributed by atoms with van der Waals surface area (Å²) in [6, 6.07) is 17.9. The van der Waals surface area contributed by atoms with Gasteiger partial charge in [-0.2, -0.15) is 0 Å². The molecule has 2 aliphatic rings. The molecule has 0 unspecified atom stereocenters. The van der Waals surface area contributed by atoms with Gasteiger partial charge in [0.25, 0.3) is 5.78 Å². The van der Waals surface area contributed by atoms with E-state index >= 15 is 0 Å². The van der Waals surface area contributed by atoms with Crippen LogP contribution in [0.2, 0.25) is 0 Å². The van der Waals surface area contributed by atoms with E-state index in [1.807, 2.05) is 24.3 Å². The molecule has 0 radical (unpaired) electrons. The second-order valence-corrected chi connectivity index (χ2v) is 6.90. The lowest BCUT2D eigenvalue weighted by Gasteiger charge is -2.31. The molecule has 25 heavy (non-hydrogen) atoms. The van der Waals surface area contributed by atoms with Crippen molar-refractivity contribution in [1.29, 1.82) is 0 Å². The molecule has 0 saturated carbocycles. The number of rotatable bonds is 4. The van der Waals surface area contributed by atoms with E-state index in [4.69, 9.17) is 0 Å². The largest absolute Gasteiger partial charge is 0.322 e. The lowest BCUT2D eigenvalue weighted by Crippen LogP contribution is -3.28. The predicted molar refractivity (Wildman–Crippen MR) is 94.7 cm³/mol. The number of nitrogens with one attached hydrogen (secondary N) is 2. The molecule has 0 aromatic heterocycles. The van der Waals surface area contributed by atoms with E-state index in [-0.39, 0.29) is 11.7 Å². The molecular formula is C20H23N3O2+2. The van der Waals surface area contributed by atoms with E-state index in [1.54, 1.807) is 15.9 Å². The van der Waals surface area contributed by atoms with Crippen molar-refractivity contribution in [3.8, 4) is 0 Å². The Bertz CT molecular complexity index is 783. The zero-order valence-corrected chi connectivity index (χ0v) is 14.2. The monoisotopic (exact) mass is 337 g/mol. The highest BCUT2D eigenvalue weighted by atomic mass is 16.2. The standard InChI is InChI=1S/C20H21N3O2/c24-19-17-8-4-5-9-18(17)23(20(19)25)15-22-12-10-21(11-13-22)14-16-6-2-1-3-7-16/h1-9H,10-15H2/p+2. The lowest BCUT2D eigenvalue weighted by molar-refractivity contribution is -1.02. The van der Waals surface area contributed by atoms with Gasteiger partial charge in [0.15, 0.2) is 6.67 Å². The third-order valence-electron chi connectivity index (χ3n) is 5.22. The number of carbonyl (C=O) groups excluding carboxylic acids is 2. The fraction of sp³-hybridized carbons (Fsp3) is 0.300. The predicted octanol–water partition coefficient (Wildman–Crippen LogP) is -0.843. The summed E-state index contributed by atoms with van der Waals surface area (Å²) in [6.07, 6.45) is 0. The quantitative estimate of drug-likeness (QED) is 0.715. The molecule has 0 bridgehead atoms.